The number of amides is 2. The van der Waals surface area contributed by atoms with Crippen molar-refractivity contribution in [2.45, 2.75) is 18.5 Å². The Bertz CT molecular complexity index is 620. The van der Waals surface area contributed by atoms with Crippen LogP contribution in [0.2, 0.25) is 0 Å². The number of urea groups is 1. The number of rotatable bonds is 6. The molecule has 22 heavy (non-hydrogen) atoms. The summed E-state index contributed by atoms with van der Waals surface area (Å²) in [6.45, 7) is 0.0571. The smallest absolute Gasteiger partial charge is 0.366 e. The van der Waals surface area contributed by atoms with Crippen molar-refractivity contribution in [2.24, 2.45) is 0 Å². The minimum Gasteiger partial charge on any atom is -0.481 e. The van der Waals surface area contributed by atoms with Gasteiger partial charge in [0.2, 0.25) is 0 Å². The van der Waals surface area contributed by atoms with Crippen molar-refractivity contribution >= 4 is 35.9 Å². The van der Waals surface area contributed by atoms with Crippen molar-refractivity contribution in [1.82, 2.24) is 14.4 Å². The number of para-hydroxylation sites is 1. The first-order chi connectivity index (χ1) is 10.6. The summed E-state index contributed by atoms with van der Waals surface area (Å²) in [5.41, 5.74) is 2.14. The second kappa shape index (κ2) is 6.88. The van der Waals surface area contributed by atoms with Gasteiger partial charge in [-0.3, -0.25) is 0 Å². The highest BCUT2D eigenvalue weighted by Crippen LogP contribution is 2.42. The lowest BCUT2D eigenvalue weighted by atomic mass is 9.94. The molecule has 1 saturated heterocycles. The number of benzene rings is 1. The Morgan fingerprint density at radius 1 is 1.41 bits per heavy atom. The Morgan fingerprint density at radius 3 is 2.73 bits per heavy atom. The lowest BCUT2D eigenvalue weighted by Gasteiger charge is -2.33. The number of carbonyl (C=O) groups excluding carboxylic acids is 2. The van der Waals surface area contributed by atoms with Crippen LogP contribution in [0.1, 0.15) is 18.4 Å². The summed E-state index contributed by atoms with van der Waals surface area (Å²) < 4.78 is 7.16. The van der Waals surface area contributed by atoms with Gasteiger partial charge in [0.05, 0.1) is 0 Å². The van der Waals surface area contributed by atoms with Gasteiger partial charge < -0.3 is 9.53 Å². The molecular weight excluding hydrogens is 329 g/mol. The van der Waals surface area contributed by atoms with Gasteiger partial charge in [0, 0.05) is 35.5 Å². The molecular formula is C14H13Cl2N3O3. The molecule has 1 aliphatic heterocycles. The fourth-order valence-corrected chi connectivity index (χ4v) is 2.81. The standard InChI is InChI=1S/C14H13Cl2N3O3/c1-2-10-22-12-7-4-3-6-11(12)14(8-5-9-20)17-19(16)13(21)18(14)15/h1,3-4,6-7,9,17H,5,8,10H2. The number of carbonyl (C=O) groups is 2. The molecule has 0 spiro atoms. The molecule has 1 heterocycles. The van der Waals surface area contributed by atoms with Crippen molar-refractivity contribution in [3.8, 4) is 18.1 Å². The summed E-state index contributed by atoms with van der Waals surface area (Å²) >= 11 is 12.0. The van der Waals surface area contributed by atoms with Crippen LogP contribution in [0, 0.1) is 12.3 Å². The molecule has 2 rings (SSSR count). The molecule has 0 bridgehead atoms. The monoisotopic (exact) mass is 341 g/mol. The summed E-state index contributed by atoms with van der Waals surface area (Å²) in [6, 6.07) is 6.29. The Balaban J connectivity index is 2.49. The van der Waals surface area contributed by atoms with E-state index in [4.69, 9.17) is 34.7 Å². The Hall–Kier alpha value is -1.94. The lowest BCUT2D eigenvalue weighted by Crippen LogP contribution is -2.46. The largest absolute Gasteiger partial charge is 0.481 e. The van der Waals surface area contributed by atoms with Crippen LogP contribution in [0.3, 0.4) is 0 Å². The van der Waals surface area contributed by atoms with Crippen LogP contribution in [0.15, 0.2) is 24.3 Å². The second-order valence-corrected chi connectivity index (χ2v) is 5.19. The van der Waals surface area contributed by atoms with Gasteiger partial charge >= 0.3 is 6.03 Å². The molecule has 1 aliphatic rings. The first-order valence-electron chi connectivity index (χ1n) is 6.40. The molecule has 0 aliphatic carbocycles. The molecule has 2 amide bonds. The van der Waals surface area contributed by atoms with Crippen LogP contribution in [-0.2, 0) is 10.5 Å². The van der Waals surface area contributed by atoms with E-state index in [1.807, 2.05) is 0 Å². The molecule has 1 fully saturated rings. The highest BCUT2D eigenvalue weighted by molar-refractivity contribution is 6.28. The number of terminal acetylenes is 1. The third-order valence-electron chi connectivity index (χ3n) is 3.22. The Kier molecular flexibility index (Phi) is 5.14. The van der Waals surface area contributed by atoms with E-state index in [0.717, 1.165) is 15.2 Å². The maximum absolute atomic E-state index is 11.9. The summed E-state index contributed by atoms with van der Waals surface area (Å²) in [5, 5.41) is 0. The minimum absolute atomic E-state index is 0.0571. The van der Waals surface area contributed by atoms with Crippen molar-refractivity contribution in [3.05, 3.63) is 29.8 Å². The normalized spacial score (nSPS) is 20.9. The molecule has 6 nitrogen and oxygen atoms in total. The first kappa shape index (κ1) is 16.4. The van der Waals surface area contributed by atoms with Crippen molar-refractivity contribution in [2.75, 3.05) is 6.61 Å². The van der Waals surface area contributed by atoms with Crippen LogP contribution in [0.25, 0.3) is 0 Å². The average Bonchev–Trinajstić information content (AvgIpc) is 2.76. The van der Waals surface area contributed by atoms with Crippen LogP contribution in [-0.4, -0.2) is 27.9 Å². The topological polar surface area (TPSA) is 61.9 Å². The number of nitrogens with zero attached hydrogens (tertiary/aromatic N) is 2. The second-order valence-electron chi connectivity index (χ2n) is 4.51. The van der Waals surface area contributed by atoms with E-state index in [9.17, 15) is 9.59 Å². The van der Waals surface area contributed by atoms with Crippen molar-refractivity contribution < 1.29 is 14.3 Å². The van der Waals surface area contributed by atoms with Crippen LogP contribution in [0.4, 0.5) is 4.79 Å². The number of halogens is 2. The van der Waals surface area contributed by atoms with E-state index < -0.39 is 11.7 Å². The molecule has 0 aromatic heterocycles. The van der Waals surface area contributed by atoms with E-state index in [2.05, 4.69) is 11.3 Å². The lowest BCUT2D eigenvalue weighted by molar-refractivity contribution is -0.108. The van der Waals surface area contributed by atoms with Crippen LogP contribution < -0.4 is 10.2 Å². The average molecular weight is 342 g/mol. The zero-order chi connectivity index (χ0) is 16.2. The third kappa shape index (κ3) is 2.83. The fraction of sp³-hybridized carbons (Fsp3) is 0.286. The van der Waals surface area contributed by atoms with Crippen LogP contribution in [0.5, 0.6) is 5.75 Å². The highest BCUT2D eigenvalue weighted by Gasteiger charge is 2.51. The van der Waals surface area contributed by atoms with Gasteiger partial charge in [0.1, 0.15) is 18.6 Å². The van der Waals surface area contributed by atoms with Gasteiger partial charge in [0.25, 0.3) is 0 Å². The summed E-state index contributed by atoms with van der Waals surface area (Å²) in [5.74, 6) is 2.82. The number of hydrazine groups is 1. The van der Waals surface area contributed by atoms with Crippen molar-refractivity contribution in [3.63, 3.8) is 0 Å². The van der Waals surface area contributed by atoms with Gasteiger partial charge in [0.15, 0.2) is 5.66 Å². The molecule has 8 heteroatoms. The van der Waals surface area contributed by atoms with Gasteiger partial charge in [-0.25, -0.2) is 9.21 Å². The number of ether oxygens (including phenoxy) is 1. The molecule has 116 valence electrons. The van der Waals surface area contributed by atoms with Gasteiger partial charge in [-0.15, -0.1) is 6.42 Å². The molecule has 1 aromatic rings. The summed E-state index contributed by atoms with van der Waals surface area (Å²) in [6.07, 6.45) is 6.32. The summed E-state index contributed by atoms with van der Waals surface area (Å²) in [4.78, 5) is 22.7. The molecule has 1 atom stereocenters. The summed E-state index contributed by atoms with van der Waals surface area (Å²) in [7, 11) is 0. The van der Waals surface area contributed by atoms with Gasteiger partial charge in [-0.2, -0.15) is 9.95 Å². The van der Waals surface area contributed by atoms with Gasteiger partial charge in [-0.1, -0.05) is 24.1 Å². The maximum Gasteiger partial charge on any atom is 0.366 e. The molecule has 1 N–H and O–H groups in total. The Labute approximate surface area is 138 Å². The molecule has 1 aromatic carbocycles. The Morgan fingerprint density at radius 2 is 2.14 bits per heavy atom. The molecule has 0 radical (unpaired) electrons. The maximum atomic E-state index is 11.9. The number of hydrogen-bond acceptors (Lipinski definition) is 4. The predicted molar refractivity (Wildman–Crippen MR) is 81.7 cm³/mol. The van der Waals surface area contributed by atoms with E-state index in [0.29, 0.717) is 11.3 Å². The third-order valence-corrected chi connectivity index (χ3v) is 3.88. The zero-order valence-electron chi connectivity index (χ0n) is 11.5. The SMILES string of the molecule is C#CCOc1ccccc1C1(CCC=O)NN(Cl)C(=O)N1Cl. The molecule has 1 unspecified atom stereocenters. The number of hydrogen-bond donors (Lipinski definition) is 1. The zero-order valence-corrected chi connectivity index (χ0v) is 13.0. The van der Waals surface area contributed by atoms with E-state index in [-0.39, 0.29) is 19.4 Å². The van der Waals surface area contributed by atoms with E-state index in [1.54, 1.807) is 24.3 Å². The molecule has 0 saturated carbocycles. The van der Waals surface area contributed by atoms with Crippen LogP contribution >= 0.6 is 23.6 Å². The van der Waals surface area contributed by atoms with Gasteiger partial charge in [-0.05, 0) is 12.5 Å². The number of aldehydes is 1. The van der Waals surface area contributed by atoms with Crippen molar-refractivity contribution in [1.29, 1.82) is 0 Å². The highest BCUT2D eigenvalue weighted by atomic mass is 35.5. The minimum atomic E-state index is -1.20. The van der Waals surface area contributed by atoms with E-state index in [1.165, 1.54) is 0 Å². The quantitative estimate of drug-likeness (QED) is 0.490. The number of nitrogens with one attached hydrogen (secondary N) is 1. The fourth-order valence-electron chi connectivity index (χ4n) is 2.27. The first-order valence-corrected chi connectivity index (χ1v) is 7.07. The van der Waals surface area contributed by atoms with E-state index >= 15 is 0 Å². The predicted octanol–water partition coefficient (Wildman–Crippen LogP) is 2.38.